The zero-order chi connectivity index (χ0) is 17.6. The van der Waals surface area contributed by atoms with E-state index in [4.69, 9.17) is 9.47 Å². The van der Waals surface area contributed by atoms with Gasteiger partial charge in [0.1, 0.15) is 18.1 Å². The highest BCUT2D eigenvalue weighted by atomic mass is 16.6. The van der Waals surface area contributed by atoms with Gasteiger partial charge in [0.2, 0.25) is 0 Å². The highest BCUT2D eigenvalue weighted by molar-refractivity contribution is 5.75. The van der Waals surface area contributed by atoms with E-state index in [0.717, 1.165) is 26.0 Å². The third-order valence-electron chi connectivity index (χ3n) is 7.80. The number of esters is 1. The number of carbonyl (C=O) groups excluding carboxylic acids is 1. The third-order valence-corrected chi connectivity index (χ3v) is 7.80. The fourth-order valence-corrected chi connectivity index (χ4v) is 6.43. The maximum Gasteiger partial charge on any atom is 0.315 e. The van der Waals surface area contributed by atoms with E-state index in [1.807, 2.05) is 0 Å². The summed E-state index contributed by atoms with van der Waals surface area (Å²) in [6, 6.07) is 0.551. The summed E-state index contributed by atoms with van der Waals surface area (Å²) in [4.78, 5) is 14.3. The standard InChI is InChI=1S/C21H33NO3/c1-14-6-4-8-21(2)11-19-16(10-18(14)21)17(20(23)25-19)12-22-9-5-7-15(22)13-24-3/h15-19H,1,4-13H2,2-3H3/p+1/t15-,16-,17-,18-,19-,21-/m1/s1. The molecule has 2 saturated carbocycles. The van der Waals surface area contributed by atoms with E-state index in [1.54, 1.807) is 12.0 Å². The van der Waals surface area contributed by atoms with Crippen LogP contribution in [-0.2, 0) is 14.3 Å². The lowest BCUT2D eigenvalue weighted by Gasteiger charge is -2.50. The lowest BCUT2D eigenvalue weighted by atomic mass is 9.55. The molecule has 2 heterocycles. The molecule has 4 nitrogen and oxygen atoms in total. The van der Waals surface area contributed by atoms with Crippen molar-refractivity contribution in [3.05, 3.63) is 12.2 Å². The number of methoxy groups -OCH3 is 1. The number of rotatable bonds is 4. The molecule has 1 unspecified atom stereocenters. The van der Waals surface area contributed by atoms with E-state index in [9.17, 15) is 4.79 Å². The summed E-state index contributed by atoms with van der Waals surface area (Å²) >= 11 is 0. The highest BCUT2D eigenvalue weighted by Crippen LogP contribution is 2.56. The van der Waals surface area contributed by atoms with Crippen LogP contribution in [0, 0.1) is 23.2 Å². The molecule has 1 N–H and O–H groups in total. The van der Waals surface area contributed by atoms with Crippen LogP contribution in [-0.4, -0.2) is 44.9 Å². The predicted octanol–water partition coefficient (Wildman–Crippen LogP) is 1.99. The second kappa shape index (κ2) is 6.70. The van der Waals surface area contributed by atoms with E-state index in [-0.39, 0.29) is 18.0 Å². The summed E-state index contributed by atoms with van der Waals surface area (Å²) < 4.78 is 11.3. The van der Waals surface area contributed by atoms with Gasteiger partial charge in [-0.25, -0.2) is 0 Å². The van der Waals surface area contributed by atoms with Crippen LogP contribution in [0.25, 0.3) is 0 Å². The van der Waals surface area contributed by atoms with Crippen LogP contribution in [0.5, 0.6) is 0 Å². The number of fused-ring (bicyclic) bond motifs is 2. The van der Waals surface area contributed by atoms with Gasteiger partial charge >= 0.3 is 5.97 Å². The molecule has 4 aliphatic rings. The summed E-state index contributed by atoms with van der Waals surface area (Å²) in [5, 5.41) is 0. The first-order chi connectivity index (χ1) is 12.0. The number of nitrogens with one attached hydrogen (secondary N) is 1. The van der Waals surface area contributed by atoms with Gasteiger partial charge in [-0.2, -0.15) is 0 Å². The monoisotopic (exact) mass is 348 g/mol. The SMILES string of the molecule is C=C1CCC[C@]2(C)C[C@H]3OC(=O)[C@H](C[NH+]4CCC[C@@H]4COC)[C@H]3C[C@H]12. The van der Waals surface area contributed by atoms with Gasteiger partial charge in [-0.15, -0.1) is 0 Å². The minimum absolute atomic E-state index is 0.0680. The summed E-state index contributed by atoms with van der Waals surface area (Å²) in [5.74, 6) is 1.13. The third kappa shape index (κ3) is 3.06. The molecule has 25 heavy (non-hydrogen) atoms. The molecular weight excluding hydrogens is 314 g/mol. The molecule has 7 atom stereocenters. The molecule has 0 spiro atoms. The topological polar surface area (TPSA) is 40.0 Å². The van der Waals surface area contributed by atoms with Gasteiger partial charge in [0.15, 0.2) is 0 Å². The first-order valence-electron chi connectivity index (χ1n) is 10.2. The molecule has 140 valence electrons. The Hall–Kier alpha value is -0.870. The zero-order valence-electron chi connectivity index (χ0n) is 15.9. The van der Waals surface area contributed by atoms with Crippen molar-refractivity contribution in [2.24, 2.45) is 23.2 Å². The molecule has 0 aromatic heterocycles. The van der Waals surface area contributed by atoms with Crippen molar-refractivity contribution in [1.29, 1.82) is 0 Å². The van der Waals surface area contributed by atoms with Gasteiger partial charge in [-0.1, -0.05) is 19.1 Å². The Balaban J connectivity index is 1.49. The predicted molar refractivity (Wildman–Crippen MR) is 96.3 cm³/mol. The number of carbonyl (C=O) groups is 1. The first kappa shape index (κ1) is 17.5. The largest absolute Gasteiger partial charge is 0.462 e. The molecule has 4 fully saturated rings. The maximum atomic E-state index is 12.7. The van der Waals surface area contributed by atoms with E-state index < -0.39 is 0 Å². The summed E-state index contributed by atoms with van der Waals surface area (Å²) in [5.41, 5.74) is 1.72. The average Bonchev–Trinajstić information content (AvgIpc) is 3.11. The normalized spacial score (nSPS) is 46.6. The molecule has 0 aromatic carbocycles. The zero-order valence-corrected chi connectivity index (χ0v) is 15.9. The molecule has 0 amide bonds. The molecular formula is C21H34NO3+. The number of allylic oxidation sites excluding steroid dienone is 1. The van der Waals surface area contributed by atoms with Crippen LogP contribution in [0.1, 0.15) is 51.9 Å². The maximum absolute atomic E-state index is 12.7. The second-order valence-electron chi connectivity index (χ2n) is 9.31. The van der Waals surface area contributed by atoms with Gasteiger partial charge in [-0.3, -0.25) is 4.79 Å². The number of ether oxygens (including phenoxy) is 2. The van der Waals surface area contributed by atoms with Crippen molar-refractivity contribution in [2.75, 3.05) is 26.8 Å². The highest BCUT2D eigenvalue weighted by Gasteiger charge is 2.56. The van der Waals surface area contributed by atoms with Crippen molar-refractivity contribution >= 4 is 5.97 Å². The number of hydrogen-bond acceptors (Lipinski definition) is 3. The molecule has 2 saturated heterocycles. The number of likely N-dealkylation sites (tertiary alicyclic amines) is 1. The fraction of sp³-hybridized carbons (Fsp3) is 0.857. The summed E-state index contributed by atoms with van der Waals surface area (Å²) in [6.45, 7) is 9.71. The smallest absolute Gasteiger partial charge is 0.315 e. The number of hydrogen-bond donors (Lipinski definition) is 1. The van der Waals surface area contributed by atoms with Crippen molar-refractivity contribution in [2.45, 2.75) is 64.0 Å². The van der Waals surface area contributed by atoms with Crippen molar-refractivity contribution in [3.63, 3.8) is 0 Å². The van der Waals surface area contributed by atoms with E-state index in [1.165, 1.54) is 44.2 Å². The minimum atomic E-state index is 0.0680. The van der Waals surface area contributed by atoms with Crippen LogP contribution in [0.2, 0.25) is 0 Å². The summed E-state index contributed by atoms with van der Waals surface area (Å²) in [7, 11) is 1.78. The van der Waals surface area contributed by atoms with E-state index >= 15 is 0 Å². The Kier molecular flexibility index (Phi) is 4.70. The van der Waals surface area contributed by atoms with E-state index in [2.05, 4.69) is 13.5 Å². The first-order valence-corrected chi connectivity index (χ1v) is 10.2. The minimum Gasteiger partial charge on any atom is -0.462 e. The second-order valence-corrected chi connectivity index (χ2v) is 9.31. The van der Waals surface area contributed by atoms with Crippen molar-refractivity contribution < 1.29 is 19.2 Å². The molecule has 0 bridgehead atoms. The lowest BCUT2D eigenvalue weighted by molar-refractivity contribution is -0.915. The molecule has 2 aliphatic carbocycles. The van der Waals surface area contributed by atoms with Crippen LogP contribution < -0.4 is 4.90 Å². The Morgan fingerprint density at radius 3 is 3.04 bits per heavy atom. The van der Waals surface area contributed by atoms with Gasteiger partial charge in [0, 0.05) is 25.9 Å². The van der Waals surface area contributed by atoms with Crippen molar-refractivity contribution in [1.82, 2.24) is 0 Å². The molecule has 4 rings (SSSR count). The Bertz CT molecular complexity index is 547. The number of quaternary nitrogens is 1. The van der Waals surface area contributed by atoms with Gasteiger partial charge in [0.05, 0.1) is 19.7 Å². The Labute approximate surface area is 151 Å². The molecule has 0 aromatic rings. The van der Waals surface area contributed by atoms with Gasteiger partial charge < -0.3 is 14.4 Å². The van der Waals surface area contributed by atoms with E-state index in [0.29, 0.717) is 23.3 Å². The lowest BCUT2D eigenvalue weighted by Crippen LogP contribution is -3.15. The van der Waals surface area contributed by atoms with Gasteiger partial charge in [-0.05, 0) is 43.4 Å². The van der Waals surface area contributed by atoms with Crippen LogP contribution in [0.4, 0.5) is 0 Å². The molecule has 4 heteroatoms. The quantitative estimate of drug-likeness (QED) is 0.624. The Morgan fingerprint density at radius 1 is 1.40 bits per heavy atom. The average molecular weight is 349 g/mol. The van der Waals surface area contributed by atoms with Gasteiger partial charge in [0.25, 0.3) is 0 Å². The molecule has 0 radical (unpaired) electrons. The van der Waals surface area contributed by atoms with Crippen LogP contribution in [0.3, 0.4) is 0 Å². The summed E-state index contributed by atoms with van der Waals surface area (Å²) in [6.07, 6.45) is 8.44. The van der Waals surface area contributed by atoms with Crippen LogP contribution >= 0.6 is 0 Å². The fourth-order valence-electron chi connectivity index (χ4n) is 6.43. The molecule has 2 aliphatic heterocycles. The van der Waals surface area contributed by atoms with Crippen LogP contribution in [0.15, 0.2) is 12.2 Å². The van der Waals surface area contributed by atoms with Crippen molar-refractivity contribution in [3.8, 4) is 0 Å². The Morgan fingerprint density at radius 2 is 2.24 bits per heavy atom.